The first-order chi connectivity index (χ1) is 10.6. The highest BCUT2D eigenvalue weighted by Crippen LogP contribution is 2.21. The minimum atomic E-state index is -0.358. The van der Waals surface area contributed by atoms with Gasteiger partial charge in [0.1, 0.15) is 0 Å². The summed E-state index contributed by atoms with van der Waals surface area (Å²) in [5.41, 5.74) is 0.845. The highest BCUT2D eigenvalue weighted by molar-refractivity contribution is 14.0. The Morgan fingerprint density at radius 3 is 2.74 bits per heavy atom. The molecule has 0 saturated carbocycles. The second-order valence-electron chi connectivity index (χ2n) is 4.88. The van der Waals surface area contributed by atoms with Crippen LogP contribution in [0, 0.1) is 5.82 Å². The molecule has 1 unspecified atom stereocenters. The maximum atomic E-state index is 13.8. The number of halogens is 2. The molecule has 0 fully saturated rings. The van der Waals surface area contributed by atoms with E-state index in [2.05, 4.69) is 21.7 Å². The van der Waals surface area contributed by atoms with Crippen LogP contribution in [0.1, 0.15) is 38.8 Å². The van der Waals surface area contributed by atoms with Crippen molar-refractivity contribution in [1.82, 2.24) is 10.6 Å². The summed E-state index contributed by atoms with van der Waals surface area (Å²) in [6.07, 6.45) is 4.99. The predicted octanol–water partition coefficient (Wildman–Crippen LogP) is 4.03. The predicted molar refractivity (Wildman–Crippen MR) is 105 cm³/mol. The number of nitrogens with one attached hydrogen (secondary N) is 2. The lowest BCUT2D eigenvalue weighted by molar-refractivity contribution is 0.386. The van der Waals surface area contributed by atoms with Gasteiger partial charge < -0.3 is 15.4 Å². The number of ether oxygens (including phenoxy) is 1. The van der Waals surface area contributed by atoms with Crippen LogP contribution in [0.15, 0.2) is 35.3 Å². The molecule has 1 aromatic rings. The van der Waals surface area contributed by atoms with E-state index in [1.54, 1.807) is 6.07 Å². The van der Waals surface area contributed by atoms with Crippen molar-refractivity contribution in [2.24, 2.45) is 4.99 Å². The Morgan fingerprint density at radius 1 is 1.43 bits per heavy atom. The molecule has 0 radical (unpaired) electrons. The lowest BCUT2D eigenvalue weighted by atomic mass is 10.1. The van der Waals surface area contributed by atoms with Crippen molar-refractivity contribution in [1.29, 1.82) is 0 Å². The van der Waals surface area contributed by atoms with Crippen LogP contribution in [0.5, 0.6) is 5.75 Å². The van der Waals surface area contributed by atoms with E-state index >= 15 is 0 Å². The van der Waals surface area contributed by atoms with Crippen molar-refractivity contribution in [2.45, 2.75) is 33.2 Å². The van der Waals surface area contributed by atoms with Crippen LogP contribution in [0.3, 0.4) is 0 Å². The standard InChI is InChI=1S/C17H26FN3O.HI/c1-5-7-8-11-20-17(19-6-2)21-13(3)14-9-10-16(22-4)15(18)12-14;/h5,7,9-10,12-13H,6,8,11H2,1-4H3,(H2,19,20,21);1H. The summed E-state index contributed by atoms with van der Waals surface area (Å²) in [5.74, 6) is 0.627. The third kappa shape index (κ3) is 7.67. The molecule has 2 N–H and O–H groups in total. The fourth-order valence-corrected chi connectivity index (χ4v) is 1.98. The van der Waals surface area contributed by atoms with Gasteiger partial charge in [-0.1, -0.05) is 18.2 Å². The van der Waals surface area contributed by atoms with E-state index in [9.17, 15) is 4.39 Å². The van der Waals surface area contributed by atoms with Crippen LogP contribution in [-0.2, 0) is 0 Å². The van der Waals surface area contributed by atoms with Crippen molar-refractivity contribution < 1.29 is 9.13 Å². The molecule has 0 amide bonds. The van der Waals surface area contributed by atoms with E-state index in [1.807, 2.05) is 32.9 Å². The minimum absolute atomic E-state index is 0. The molecule has 0 spiro atoms. The number of aliphatic imine (C=N–C) groups is 1. The Bertz CT molecular complexity index is 521. The molecule has 4 nitrogen and oxygen atoms in total. The summed E-state index contributed by atoms with van der Waals surface area (Å²) < 4.78 is 18.7. The number of hydrogen-bond donors (Lipinski definition) is 2. The molecule has 1 rings (SSSR count). The van der Waals surface area contributed by atoms with Crippen molar-refractivity contribution >= 4 is 29.9 Å². The van der Waals surface area contributed by atoms with Crippen LogP contribution in [0.25, 0.3) is 0 Å². The molecule has 0 bridgehead atoms. The van der Waals surface area contributed by atoms with Gasteiger partial charge in [0.15, 0.2) is 17.5 Å². The monoisotopic (exact) mass is 435 g/mol. The smallest absolute Gasteiger partial charge is 0.191 e. The molecule has 0 aromatic heterocycles. The third-order valence-corrected chi connectivity index (χ3v) is 3.17. The second kappa shape index (κ2) is 12.2. The average molecular weight is 435 g/mol. The summed E-state index contributed by atoms with van der Waals surface area (Å²) >= 11 is 0. The Labute approximate surface area is 155 Å². The summed E-state index contributed by atoms with van der Waals surface area (Å²) in [6.45, 7) is 7.47. The minimum Gasteiger partial charge on any atom is -0.494 e. The number of nitrogens with zero attached hydrogens (tertiary/aromatic N) is 1. The molecule has 0 aliphatic heterocycles. The van der Waals surface area contributed by atoms with Crippen LogP contribution < -0.4 is 15.4 Å². The molecule has 6 heteroatoms. The number of benzene rings is 1. The first kappa shape index (κ1) is 21.7. The first-order valence-electron chi connectivity index (χ1n) is 7.61. The van der Waals surface area contributed by atoms with Crippen molar-refractivity contribution in [3.8, 4) is 5.75 Å². The molecule has 1 aromatic carbocycles. The van der Waals surface area contributed by atoms with Gasteiger partial charge in [0.05, 0.1) is 13.2 Å². The van der Waals surface area contributed by atoms with E-state index in [-0.39, 0.29) is 41.6 Å². The molecular weight excluding hydrogens is 408 g/mol. The zero-order valence-electron chi connectivity index (χ0n) is 14.2. The summed E-state index contributed by atoms with van der Waals surface area (Å²) in [6, 6.07) is 4.92. The number of methoxy groups -OCH3 is 1. The van der Waals surface area contributed by atoms with Crippen molar-refractivity contribution in [2.75, 3.05) is 20.2 Å². The van der Waals surface area contributed by atoms with Crippen LogP contribution >= 0.6 is 24.0 Å². The van der Waals surface area contributed by atoms with E-state index in [0.717, 1.165) is 24.5 Å². The number of guanidine groups is 1. The molecule has 1 atom stereocenters. The molecule has 0 aliphatic rings. The molecule has 0 saturated heterocycles. The van der Waals surface area contributed by atoms with Crippen molar-refractivity contribution in [3.05, 3.63) is 41.7 Å². The zero-order valence-corrected chi connectivity index (χ0v) is 16.6. The van der Waals surface area contributed by atoms with Crippen LogP contribution in [-0.4, -0.2) is 26.2 Å². The Hall–Kier alpha value is -1.31. The lowest BCUT2D eigenvalue weighted by Crippen LogP contribution is -2.38. The molecule has 0 aliphatic carbocycles. The Morgan fingerprint density at radius 2 is 2.17 bits per heavy atom. The molecule has 0 heterocycles. The summed E-state index contributed by atoms with van der Waals surface area (Å²) in [4.78, 5) is 4.50. The third-order valence-electron chi connectivity index (χ3n) is 3.17. The van der Waals surface area contributed by atoms with E-state index in [0.29, 0.717) is 6.54 Å². The van der Waals surface area contributed by atoms with Crippen LogP contribution in [0.4, 0.5) is 4.39 Å². The second-order valence-corrected chi connectivity index (χ2v) is 4.88. The van der Waals surface area contributed by atoms with Crippen LogP contribution in [0.2, 0.25) is 0 Å². The van der Waals surface area contributed by atoms with Gasteiger partial charge in [0.2, 0.25) is 0 Å². The highest BCUT2D eigenvalue weighted by Gasteiger charge is 2.11. The van der Waals surface area contributed by atoms with Gasteiger partial charge in [0, 0.05) is 13.1 Å². The normalized spacial score (nSPS) is 12.7. The van der Waals surface area contributed by atoms with E-state index in [1.165, 1.54) is 13.2 Å². The first-order valence-corrected chi connectivity index (χ1v) is 7.61. The van der Waals surface area contributed by atoms with E-state index < -0.39 is 0 Å². The highest BCUT2D eigenvalue weighted by atomic mass is 127. The topological polar surface area (TPSA) is 45.7 Å². The zero-order chi connectivity index (χ0) is 16.4. The maximum Gasteiger partial charge on any atom is 0.191 e. The number of hydrogen-bond acceptors (Lipinski definition) is 2. The Kier molecular flexibility index (Phi) is 11.5. The fourth-order valence-electron chi connectivity index (χ4n) is 1.98. The SMILES string of the molecule is CC=CCCN=C(NCC)NC(C)c1ccc(OC)c(F)c1.I. The number of rotatable bonds is 7. The van der Waals surface area contributed by atoms with Gasteiger partial charge in [-0.25, -0.2) is 4.39 Å². The summed E-state index contributed by atoms with van der Waals surface area (Å²) in [5, 5.41) is 6.48. The van der Waals surface area contributed by atoms with Gasteiger partial charge >= 0.3 is 0 Å². The van der Waals surface area contributed by atoms with Gasteiger partial charge in [-0.05, 0) is 44.9 Å². The molecule has 130 valence electrons. The fraction of sp³-hybridized carbons (Fsp3) is 0.471. The van der Waals surface area contributed by atoms with Gasteiger partial charge in [-0.15, -0.1) is 24.0 Å². The molecule has 23 heavy (non-hydrogen) atoms. The quantitative estimate of drug-likeness (QED) is 0.224. The number of allylic oxidation sites excluding steroid dienone is 1. The lowest BCUT2D eigenvalue weighted by Gasteiger charge is -2.18. The van der Waals surface area contributed by atoms with E-state index in [4.69, 9.17) is 4.74 Å². The van der Waals surface area contributed by atoms with Gasteiger partial charge in [-0.2, -0.15) is 0 Å². The van der Waals surface area contributed by atoms with Gasteiger partial charge in [-0.3, -0.25) is 4.99 Å². The average Bonchev–Trinajstić information content (AvgIpc) is 2.51. The summed E-state index contributed by atoms with van der Waals surface area (Å²) in [7, 11) is 1.46. The molecular formula is C17H27FIN3O. The van der Waals surface area contributed by atoms with Gasteiger partial charge in [0.25, 0.3) is 0 Å². The maximum absolute atomic E-state index is 13.8. The Balaban J connectivity index is 0.00000484. The largest absolute Gasteiger partial charge is 0.494 e. The van der Waals surface area contributed by atoms with Crippen molar-refractivity contribution in [3.63, 3.8) is 0 Å².